The van der Waals surface area contributed by atoms with Crippen molar-refractivity contribution >= 4 is 45.8 Å². The fourth-order valence-electron chi connectivity index (χ4n) is 3.07. The van der Waals surface area contributed by atoms with Crippen molar-refractivity contribution < 1.29 is 9.84 Å². The van der Waals surface area contributed by atoms with Crippen LogP contribution in [-0.2, 0) is 7.05 Å². The van der Waals surface area contributed by atoms with Gasteiger partial charge in [-0.2, -0.15) is 4.98 Å². The molecule has 0 saturated carbocycles. The highest BCUT2D eigenvalue weighted by Crippen LogP contribution is 2.38. The molecule has 2 aromatic carbocycles. The van der Waals surface area contributed by atoms with Gasteiger partial charge in [-0.05, 0) is 42.7 Å². The molecule has 1 heterocycles. The monoisotopic (exact) mass is 412 g/mol. The summed E-state index contributed by atoms with van der Waals surface area (Å²) in [6.07, 6.45) is 0.802. The van der Waals surface area contributed by atoms with Crippen molar-refractivity contribution in [3.63, 3.8) is 0 Å². The van der Waals surface area contributed by atoms with Crippen molar-refractivity contribution in [3.05, 3.63) is 50.5 Å². The molecule has 7 heteroatoms. The van der Waals surface area contributed by atoms with Crippen LogP contribution in [0.25, 0.3) is 11.0 Å². The number of imidazole rings is 1. The quantitative estimate of drug-likeness (QED) is 0.548. The third-order valence-electron chi connectivity index (χ3n) is 4.50. The van der Waals surface area contributed by atoms with E-state index in [0.717, 1.165) is 23.1 Å². The van der Waals surface area contributed by atoms with Crippen LogP contribution in [0.3, 0.4) is 0 Å². The number of fused-ring (bicyclic) bond motifs is 1. The molecular formula is C19H19Cl3N2O2. The molecule has 0 spiro atoms. The highest BCUT2D eigenvalue weighted by atomic mass is 35.5. The van der Waals surface area contributed by atoms with Crippen LogP contribution in [-0.4, -0.2) is 21.3 Å². The summed E-state index contributed by atoms with van der Waals surface area (Å²) in [4.78, 5) is 4.56. The Bertz CT molecular complexity index is 942. The number of nitrogens with zero attached hydrogens (tertiary/aromatic N) is 2. The summed E-state index contributed by atoms with van der Waals surface area (Å²) < 4.78 is 7.84. The van der Waals surface area contributed by atoms with Crippen LogP contribution < -0.4 is 4.74 Å². The molecular weight excluding hydrogens is 395 g/mol. The lowest BCUT2D eigenvalue weighted by Crippen LogP contribution is -2.05. The number of hydrogen-bond acceptors (Lipinski definition) is 3. The lowest BCUT2D eigenvalue weighted by molar-refractivity contribution is 0.263. The SMILES string of the molecule is CCC(CO)c1ccc(Cl)c2nc(Oc3c(C)cc(Cl)cc3Cl)n(C)c12. The minimum Gasteiger partial charge on any atom is -0.424 e. The predicted molar refractivity (Wildman–Crippen MR) is 107 cm³/mol. The average Bonchev–Trinajstić information content (AvgIpc) is 2.92. The van der Waals surface area contributed by atoms with E-state index in [9.17, 15) is 5.11 Å². The summed E-state index contributed by atoms with van der Waals surface area (Å²) in [5, 5.41) is 11.2. The molecule has 3 rings (SSSR count). The van der Waals surface area contributed by atoms with Gasteiger partial charge in [0, 0.05) is 24.6 Å². The van der Waals surface area contributed by atoms with E-state index in [1.165, 1.54) is 0 Å². The van der Waals surface area contributed by atoms with E-state index in [-0.39, 0.29) is 12.5 Å². The Balaban J connectivity index is 2.16. The van der Waals surface area contributed by atoms with Gasteiger partial charge < -0.3 is 9.84 Å². The Hall–Kier alpha value is -1.46. The third-order valence-corrected chi connectivity index (χ3v) is 5.31. The fraction of sp³-hybridized carbons (Fsp3) is 0.316. The van der Waals surface area contributed by atoms with Crippen molar-refractivity contribution in [1.29, 1.82) is 0 Å². The molecule has 0 amide bonds. The van der Waals surface area contributed by atoms with E-state index in [4.69, 9.17) is 39.5 Å². The summed E-state index contributed by atoms with van der Waals surface area (Å²) >= 11 is 18.7. The van der Waals surface area contributed by atoms with Crippen LogP contribution in [0.4, 0.5) is 0 Å². The molecule has 1 unspecified atom stereocenters. The van der Waals surface area contributed by atoms with Gasteiger partial charge in [-0.15, -0.1) is 0 Å². The topological polar surface area (TPSA) is 47.3 Å². The first-order valence-electron chi connectivity index (χ1n) is 8.26. The molecule has 0 aliphatic heterocycles. The number of hydrogen-bond donors (Lipinski definition) is 1. The van der Waals surface area contributed by atoms with Crippen LogP contribution in [0, 0.1) is 6.92 Å². The number of aliphatic hydroxyl groups is 1. The van der Waals surface area contributed by atoms with E-state index in [1.54, 1.807) is 18.2 Å². The maximum Gasteiger partial charge on any atom is 0.302 e. The molecule has 0 fully saturated rings. The van der Waals surface area contributed by atoms with Crippen molar-refractivity contribution in [2.75, 3.05) is 6.61 Å². The highest BCUT2D eigenvalue weighted by molar-refractivity contribution is 6.36. The first-order valence-corrected chi connectivity index (χ1v) is 9.39. The number of aliphatic hydroxyl groups excluding tert-OH is 1. The van der Waals surface area contributed by atoms with Crippen molar-refractivity contribution in [2.24, 2.45) is 7.05 Å². The van der Waals surface area contributed by atoms with Gasteiger partial charge in [0.1, 0.15) is 5.52 Å². The third kappa shape index (κ3) is 3.39. The van der Waals surface area contributed by atoms with Crippen LogP contribution in [0.1, 0.15) is 30.4 Å². The summed E-state index contributed by atoms with van der Waals surface area (Å²) in [5.74, 6) is 0.500. The molecule has 0 radical (unpaired) electrons. The maximum atomic E-state index is 9.72. The zero-order chi connectivity index (χ0) is 19.0. The first kappa shape index (κ1) is 19.3. The van der Waals surface area contributed by atoms with Gasteiger partial charge in [0.05, 0.1) is 15.6 Å². The van der Waals surface area contributed by atoms with Gasteiger partial charge in [-0.3, -0.25) is 4.57 Å². The normalized spacial score (nSPS) is 12.6. The Morgan fingerprint density at radius 1 is 1.19 bits per heavy atom. The number of ether oxygens (including phenoxy) is 1. The van der Waals surface area contributed by atoms with Crippen LogP contribution >= 0.6 is 34.8 Å². The summed E-state index contributed by atoms with van der Waals surface area (Å²) in [5.41, 5.74) is 3.27. The summed E-state index contributed by atoms with van der Waals surface area (Å²) in [6, 6.07) is 7.51. The van der Waals surface area contributed by atoms with E-state index < -0.39 is 0 Å². The van der Waals surface area contributed by atoms with E-state index >= 15 is 0 Å². The van der Waals surface area contributed by atoms with Crippen molar-refractivity contribution in [2.45, 2.75) is 26.2 Å². The van der Waals surface area contributed by atoms with Crippen molar-refractivity contribution in [1.82, 2.24) is 9.55 Å². The minimum atomic E-state index is -0.00104. The molecule has 0 aliphatic carbocycles. The van der Waals surface area contributed by atoms with Gasteiger partial charge in [-0.25, -0.2) is 0 Å². The fourth-order valence-corrected chi connectivity index (χ4v) is 3.90. The molecule has 1 N–H and O–H groups in total. The lowest BCUT2D eigenvalue weighted by atomic mass is 9.96. The van der Waals surface area contributed by atoms with Gasteiger partial charge in [-0.1, -0.05) is 47.8 Å². The van der Waals surface area contributed by atoms with Gasteiger partial charge >= 0.3 is 6.01 Å². The Kier molecular flexibility index (Phi) is 5.68. The maximum absolute atomic E-state index is 9.72. The van der Waals surface area contributed by atoms with E-state index in [1.807, 2.05) is 31.5 Å². The second kappa shape index (κ2) is 7.65. The molecule has 0 bridgehead atoms. The van der Waals surface area contributed by atoms with E-state index in [0.29, 0.717) is 32.3 Å². The lowest BCUT2D eigenvalue weighted by Gasteiger charge is -2.15. The largest absolute Gasteiger partial charge is 0.424 e. The highest BCUT2D eigenvalue weighted by Gasteiger charge is 2.21. The second-order valence-corrected chi connectivity index (χ2v) is 7.46. The summed E-state index contributed by atoms with van der Waals surface area (Å²) in [7, 11) is 1.85. The zero-order valence-corrected chi connectivity index (χ0v) is 17.0. The Morgan fingerprint density at radius 2 is 1.92 bits per heavy atom. The first-order chi connectivity index (χ1) is 12.4. The van der Waals surface area contributed by atoms with E-state index in [2.05, 4.69) is 4.98 Å². The Labute approximate surface area is 167 Å². The molecule has 1 aromatic heterocycles. The molecule has 0 aliphatic rings. The average molecular weight is 414 g/mol. The molecule has 4 nitrogen and oxygen atoms in total. The second-order valence-electron chi connectivity index (χ2n) is 6.21. The number of aryl methyl sites for hydroxylation is 2. The van der Waals surface area contributed by atoms with Crippen molar-refractivity contribution in [3.8, 4) is 11.8 Å². The number of aromatic nitrogens is 2. The molecule has 1 atom stereocenters. The van der Waals surface area contributed by atoms with Crippen LogP contribution in [0.5, 0.6) is 11.8 Å². The minimum absolute atomic E-state index is 0.00104. The number of halogens is 3. The van der Waals surface area contributed by atoms with Gasteiger partial charge in [0.15, 0.2) is 5.75 Å². The standard InChI is InChI=1S/C19H19Cl3N2O2/c1-4-11(9-25)13-5-6-14(21)16-17(13)24(3)19(23-16)26-18-10(2)7-12(20)8-15(18)22/h5-8,11,25H,4,9H2,1-3H3. The van der Waals surface area contributed by atoms with Gasteiger partial charge in [0.2, 0.25) is 0 Å². The smallest absolute Gasteiger partial charge is 0.302 e. The molecule has 0 saturated heterocycles. The molecule has 3 aromatic rings. The predicted octanol–water partition coefficient (Wildman–Crippen LogP) is 6.12. The number of benzene rings is 2. The zero-order valence-electron chi connectivity index (χ0n) is 14.7. The van der Waals surface area contributed by atoms with Crippen LogP contribution in [0.2, 0.25) is 15.1 Å². The molecule has 26 heavy (non-hydrogen) atoms. The van der Waals surface area contributed by atoms with Crippen LogP contribution in [0.15, 0.2) is 24.3 Å². The number of rotatable bonds is 5. The summed E-state index contributed by atoms with van der Waals surface area (Å²) in [6.45, 7) is 3.95. The molecule has 138 valence electrons. The van der Waals surface area contributed by atoms with Gasteiger partial charge in [0.25, 0.3) is 0 Å². The Morgan fingerprint density at radius 3 is 2.54 bits per heavy atom.